The lowest BCUT2D eigenvalue weighted by atomic mass is 10.1. The highest BCUT2D eigenvalue weighted by molar-refractivity contribution is 8.00. The Kier molecular flexibility index (Phi) is 2.79. The molecule has 18 heavy (non-hydrogen) atoms. The van der Waals surface area contributed by atoms with Gasteiger partial charge in [0.25, 0.3) is 5.91 Å². The largest absolute Gasteiger partial charge is 0.272 e. The summed E-state index contributed by atoms with van der Waals surface area (Å²) < 4.78 is 1.65. The Labute approximate surface area is 109 Å². The van der Waals surface area contributed by atoms with Gasteiger partial charge in [-0.05, 0) is 18.1 Å². The second-order valence-corrected chi connectivity index (χ2v) is 5.17. The van der Waals surface area contributed by atoms with E-state index in [4.69, 9.17) is 0 Å². The Morgan fingerprint density at radius 2 is 2.00 bits per heavy atom. The number of aryl methyl sites for hydroxylation is 1. The van der Waals surface area contributed by atoms with Crippen molar-refractivity contribution in [3.8, 4) is 0 Å². The molecule has 0 radical (unpaired) electrons. The van der Waals surface area contributed by atoms with E-state index in [1.165, 1.54) is 5.56 Å². The number of carbonyl (C=O) groups is 1. The van der Waals surface area contributed by atoms with Crippen LogP contribution in [0.15, 0.2) is 36.9 Å². The molecule has 1 aromatic heterocycles. The van der Waals surface area contributed by atoms with E-state index < -0.39 is 0 Å². The van der Waals surface area contributed by atoms with E-state index in [9.17, 15) is 4.79 Å². The molecular weight excluding hydrogens is 248 g/mol. The summed E-state index contributed by atoms with van der Waals surface area (Å²) in [5, 5.41) is 9.22. The van der Waals surface area contributed by atoms with Gasteiger partial charge >= 0.3 is 0 Å². The summed E-state index contributed by atoms with van der Waals surface area (Å²) in [5.41, 5.74) is 2.34. The van der Waals surface area contributed by atoms with Gasteiger partial charge in [-0.15, -0.1) is 22.0 Å². The van der Waals surface area contributed by atoms with Crippen LogP contribution in [-0.2, 0) is 4.79 Å². The Morgan fingerprint density at radius 1 is 1.28 bits per heavy atom. The molecule has 1 unspecified atom stereocenters. The van der Waals surface area contributed by atoms with Crippen LogP contribution in [0.2, 0.25) is 0 Å². The fourth-order valence-corrected chi connectivity index (χ4v) is 3.30. The van der Waals surface area contributed by atoms with Gasteiger partial charge in [-0.3, -0.25) is 4.79 Å². The predicted molar refractivity (Wildman–Crippen MR) is 69.6 cm³/mol. The number of hydrogen-bond acceptors (Lipinski definition) is 4. The van der Waals surface area contributed by atoms with Crippen molar-refractivity contribution in [2.24, 2.45) is 0 Å². The van der Waals surface area contributed by atoms with Crippen molar-refractivity contribution >= 4 is 17.7 Å². The lowest BCUT2D eigenvalue weighted by molar-refractivity contribution is -0.117. The van der Waals surface area contributed by atoms with Gasteiger partial charge in [0.2, 0.25) is 0 Å². The van der Waals surface area contributed by atoms with Gasteiger partial charge < -0.3 is 0 Å². The number of thioether (sulfide) groups is 1. The summed E-state index contributed by atoms with van der Waals surface area (Å²) in [5.74, 6) is 0.560. The van der Waals surface area contributed by atoms with Crippen LogP contribution in [0.3, 0.4) is 0 Å². The van der Waals surface area contributed by atoms with Crippen molar-refractivity contribution in [1.29, 1.82) is 0 Å². The smallest absolute Gasteiger partial charge is 0.252 e. The van der Waals surface area contributed by atoms with E-state index >= 15 is 0 Å². The average molecular weight is 260 g/mol. The molecule has 1 saturated heterocycles. The monoisotopic (exact) mass is 260 g/mol. The van der Waals surface area contributed by atoms with Crippen molar-refractivity contribution in [2.45, 2.75) is 12.3 Å². The molecular formula is C12H12N4OS. The Balaban J connectivity index is 2.02. The van der Waals surface area contributed by atoms with Gasteiger partial charge in [0.1, 0.15) is 18.0 Å². The molecule has 1 fully saturated rings. The SMILES string of the molecule is Cc1ccccc1C1SCC(=O)N1n1cnnc1. The minimum Gasteiger partial charge on any atom is -0.272 e. The molecule has 5 nitrogen and oxygen atoms in total. The molecule has 1 aliphatic heterocycles. The standard InChI is InChI=1S/C12H12N4OS/c1-9-4-2-3-5-10(9)12-16(11(17)6-18-12)15-7-13-14-8-15/h2-5,7-8,12H,6H2,1H3. The fraction of sp³-hybridized carbons (Fsp3) is 0.250. The van der Waals surface area contributed by atoms with Gasteiger partial charge in [0.05, 0.1) is 5.75 Å². The van der Waals surface area contributed by atoms with Gasteiger partial charge in [0.15, 0.2) is 0 Å². The van der Waals surface area contributed by atoms with Gasteiger partial charge in [0, 0.05) is 0 Å². The molecule has 0 bridgehead atoms. The van der Waals surface area contributed by atoms with E-state index in [0.717, 1.165) is 5.56 Å². The lowest BCUT2D eigenvalue weighted by Gasteiger charge is -2.24. The first-order valence-corrected chi connectivity index (χ1v) is 6.66. The van der Waals surface area contributed by atoms with Crippen molar-refractivity contribution < 1.29 is 4.79 Å². The maximum absolute atomic E-state index is 12.0. The minimum atomic E-state index is -0.00491. The Morgan fingerprint density at radius 3 is 2.72 bits per heavy atom. The summed E-state index contributed by atoms with van der Waals surface area (Å²) in [6, 6.07) is 8.12. The zero-order valence-electron chi connectivity index (χ0n) is 9.85. The highest BCUT2D eigenvalue weighted by Gasteiger charge is 2.35. The molecule has 1 aromatic carbocycles. The van der Waals surface area contributed by atoms with E-state index in [-0.39, 0.29) is 11.3 Å². The first kappa shape index (κ1) is 11.3. The lowest BCUT2D eigenvalue weighted by Crippen LogP contribution is -2.37. The van der Waals surface area contributed by atoms with Crippen LogP contribution >= 0.6 is 11.8 Å². The average Bonchev–Trinajstić information content (AvgIpc) is 2.98. The molecule has 3 rings (SSSR count). The highest BCUT2D eigenvalue weighted by Crippen LogP contribution is 2.38. The van der Waals surface area contributed by atoms with Gasteiger partial charge in [-0.1, -0.05) is 24.3 Å². The Bertz CT molecular complexity index is 569. The maximum atomic E-state index is 12.0. The molecule has 1 amide bonds. The van der Waals surface area contributed by atoms with Crippen LogP contribution in [0.25, 0.3) is 0 Å². The third kappa shape index (κ3) is 1.78. The summed E-state index contributed by atoms with van der Waals surface area (Å²) in [4.78, 5) is 12.0. The quantitative estimate of drug-likeness (QED) is 0.821. The van der Waals surface area contributed by atoms with Crippen molar-refractivity contribution in [1.82, 2.24) is 14.9 Å². The maximum Gasteiger partial charge on any atom is 0.252 e. The van der Waals surface area contributed by atoms with Crippen LogP contribution in [0.1, 0.15) is 16.5 Å². The third-order valence-corrected chi connectivity index (χ3v) is 4.14. The predicted octanol–water partition coefficient (Wildman–Crippen LogP) is 1.50. The number of benzene rings is 1. The topological polar surface area (TPSA) is 51.0 Å². The molecule has 0 N–H and O–H groups in total. The van der Waals surface area contributed by atoms with Gasteiger partial charge in [-0.2, -0.15) is 0 Å². The first-order chi connectivity index (χ1) is 8.77. The number of nitrogens with zero attached hydrogens (tertiary/aromatic N) is 4. The van der Waals surface area contributed by atoms with E-state index in [0.29, 0.717) is 5.75 Å². The fourth-order valence-electron chi connectivity index (χ4n) is 2.06. The van der Waals surface area contributed by atoms with E-state index in [1.54, 1.807) is 34.1 Å². The second kappa shape index (κ2) is 4.45. The zero-order valence-corrected chi connectivity index (χ0v) is 10.7. The number of hydrogen-bond donors (Lipinski definition) is 0. The summed E-state index contributed by atoms with van der Waals surface area (Å²) in [7, 11) is 0. The number of aromatic nitrogens is 3. The molecule has 0 aliphatic carbocycles. The summed E-state index contributed by atoms with van der Waals surface area (Å²) in [6.07, 6.45) is 3.10. The highest BCUT2D eigenvalue weighted by atomic mass is 32.2. The van der Waals surface area contributed by atoms with Crippen LogP contribution in [-0.4, -0.2) is 26.5 Å². The molecule has 1 aliphatic rings. The molecule has 2 aromatic rings. The number of carbonyl (C=O) groups excluding carboxylic acids is 1. The zero-order chi connectivity index (χ0) is 12.5. The van der Waals surface area contributed by atoms with Crippen LogP contribution < -0.4 is 5.01 Å². The molecule has 0 spiro atoms. The molecule has 1 atom stereocenters. The minimum absolute atomic E-state index is 0.00491. The van der Waals surface area contributed by atoms with Crippen molar-refractivity contribution in [3.63, 3.8) is 0 Å². The molecule has 0 saturated carbocycles. The number of amides is 1. The van der Waals surface area contributed by atoms with Crippen molar-refractivity contribution in [2.75, 3.05) is 10.8 Å². The van der Waals surface area contributed by atoms with E-state index in [2.05, 4.69) is 29.3 Å². The van der Waals surface area contributed by atoms with Gasteiger partial charge in [-0.25, -0.2) is 9.69 Å². The molecule has 92 valence electrons. The van der Waals surface area contributed by atoms with Crippen molar-refractivity contribution in [3.05, 3.63) is 48.0 Å². The van der Waals surface area contributed by atoms with E-state index in [1.807, 2.05) is 12.1 Å². The summed E-state index contributed by atoms with van der Waals surface area (Å²) >= 11 is 1.62. The molecule has 6 heteroatoms. The van der Waals surface area contributed by atoms with Crippen LogP contribution in [0.5, 0.6) is 0 Å². The third-order valence-electron chi connectivity index (χ3n) is 2.95. The molecule has 2 heterocycles. The number of rotatable bonds is 2. The summed E-state index contributed by atoms with van der Waals surface area (Å²) in [6.45, 7) is 2.06. The van der Waals surface area contributed by atoms with Crippen LogP contribution in [0.4, 0.5) is 0 Å². The Hall–Kier alpha value is -1.82. The second-order valence-electron chi connectivity index (χ2n) is 4.10. The van der Waals surface area contributed by atoms with Crippen LogP contribution in [0, 0.1) is 6.92 Å². The normalized spacial score (nSPS) is 19.5. The first-order valence-electron chi connectivity index (χ1n) is 5.61.